The SMILES string of the molecule is COc1ccc(C2(N)COC2)cc1. The smallest absolute Gasteiger partial charge is 0.118 e. The monoisotopic (exact) mass is 179 g/mol. The van der Waals surface area contributed by atoms with Crippen LogP contribution in [0.1, 0.15) is 5.56 Å². The van der Waals surface area contributed by atoms with E-state index < -0.39 is 0 Å². The summed E-state index contributed by atoms with van der Waals surface area (Å²) < 4.78 is 10.2. The Bertz CT molecular complexity index is 290. The van der Waals surface area contributed by atoms with Crippen molar-refractivity contribution < 1.29 is 9.47 Å². The van der Waals surface area contributed by atoms with Crippen LogP contribution < -0.4 is 10.5 Å². The summed E-state index contributed by atoms with van der Waals surface area (Å²) in [7, 11) is 1.65. The van der Waals surface area contributed by atoms with Crippen molar-refractivity contribution in [3.05, 3.63) is 29.8 Å². The highest BCUT2D eigenvalue weighted by atomic mass is 16.5. The molecule has 1 heterocycles. The van der Waals surface area contributed by atoms with Crippen molar-refractivity contribution >= 4 is 0 Å². The molecule has 0 radical (unpaired) electrons. The average molecular weight is 179 g/mol. The second kappa shape index (κ2) is 3.01. The third kappa shape index (κ3) is 1.41. The number of benzene rings is 1. The third-order valence-electron chi connectivity index (χ3n) is 2.38. The lowest BCUT2D eigenvalue weighted by atomic mass is 9.89. The number of ether oxygens (including phenoxy) is 2. The zero-order valence-corrected chi connectivity index (χ0v) is 7.62. The molecular weight excluding hydrogens is 166 g/mol. The van der Waals surface area contributed by atoms with E-state index >= 15 is 0 Å². The predicted molar refractivity (Wildman–Crippen MR) is 49.7 cm³/mol. The minimum atomic E-state index is -0.272. The van der Waals surface area contributed by atoms with Gasteiger partial charge in [-0.05, 0) is 17.7 Å². The first-order valence-corrected chi connectivity index (χ1v) is 4.26. The van der Waals surface area contributed by atoms with Crippen molar-refractivity contribution in [3.63, 3.8) is 0 Å². The Hall–Kier alpha value is -1.06. The van der Waals surface area contributed by atoms with Gasteiger partial charge in [-0.25, -0.2) is 0 Å². The summed E-state index contributed by atoms with van der Waals surface area (Å²) >= 11 is 0. The van der Waals surface area contributed by atoms with Crippen LogP contribution in [0, 0.1) is 0 Å². The molecule has 2 N–H and O–H groups in total. The zero-order valence-electron chi connectivity index (χ0n) is 7.62. The Morgan fingerprint density at radius 1 is 1.31 bits per heavy atom. The zero-order chi connectivity index (χ0) is 9.31. The molecule has 1 saturated heterocycles. The highest BCUT2D eigenvalue weighted by molar-refractivity contribution is 5.32. The molecule has 3 heteroatoms. The Labute approximate surface area is 77.5 Å². The van der Waals surface area contributed by atoms with Crippen molar-refractivity contribution in [1.82, 2.24) is 0 Å². The molecule has 70 valence electrons. The van der Waals surface area contributed by atoms with Gasteiger partial charge in [-0.15, -0.1) is 0 Å². The maximum Gasteiger partial charge on any atom is 0.118 e. The topological polar surface area (TPSA) is 44.5 Å². The van der Waals surface area contributed by atoms with E-state index in [1.54, 1.807) is 7.11 Å². The lowest BCUT2D eigenvalue weighted by Gasteiger charge is -2.38. The predicted octanol–water partition coefficient (Wildman–Crippen LogP) is 0.879. The van der Waals surface area contributed by atoms with Crippen molar-refractivity contribution in [2.45, 2.75) is 5.54 Å². The number of nitrogens with two attached hydrogens (primary N) is 1. The van der Waals surface area contributed by atoms with Crippen LogP contribution in [-0.4, -0.2) is 20.3 Å². The summed E-state index contributed by atoms with van der Waals surface area (Å²) in [5.41, 5.74) is 6.89. The molecule has 2 rings (SSSR count). The summed E-state index contributed by atoms with van der Waals surface area (Å²) in [5.74, 6) is 0.854. The van der Waals surface area contributed by atoms with E-state index in [1.165, 1.54) is 0 Å². The highest BCUT2D eigenvalue weighted by Gasteiger charge is 2.35. The highest BCUT2D eigenvalue weighted by Crippen LogP contribution is 2.27. The van der Waals surface area contributed by atoms with Gasteiger partial charge in [-0.3, -0.25) is 0 Å². The van der Waals surface area contributed by atoms with Crippen LogP contribution in [0.4, 0.5) is 0 Å². The van der Waals surface area contributed by atoms with Crippen LogP contribution in [0.25, 0.3) is 0 Å². The number of rotatable bonds is 2. The molecule has 0 atom stereocenters. The van der Waals surface area contributed by atoms with Crippen LogP contribution in [0.2, 0.25) is 0 Å². The Morgan fingerprint density at radius 3 is 2.31 bits per heavy atom. The van der Waals surface area contributed by atoms with Crippen LogP contribution in [0.5, 0.6) is 5.75 Å². The minimum absolute atomic E-state index is 0.272. The largest absolute Gasteiger partial charge is 0.497 e. The third-order valence-corrected chi connectivity index (χ3v) is 2.38. The van der Waals surface area contributed by atoms with Gasteiger partial charge >= 0.3 is 0 Å². The average Bonchev–Trinajstić information content (AvgIpc) is 2.14. The Kier molecular flexibility index (Phi) is 1.98. The second-order valence-electron chi connectivity index (χ2n) is 3.38. The van der Waals surface area contributed by atoms with Crippen LogP contribution in [0.3, 0.4) is 0 Å². The molecule has 0 amide bonds. The summed E-state index contributed by atoms with van der Waals surface area (Å²) in [5, 5.41) is 0. The van der Waals surface area contributed by atoms with Gasteiger partial charge < -0.3 is 15.2 Å². The molecule has 3 nitrogen and oxygen atoms in total. The standard InChI is InChI=1S/C10H13NO2/c1-12-9-4-2-8(3-5-9)10(11)6-13-7-10/h2-5H,6-7,11H2,1H3. The van der Waals surface area contributed by atoms with Crippen LogP contribution in [-0.2, 0) is 10.3 Å². The fourth-order valence-electron chi connectivity index (χ4n) is 1.41. The molecule has 0 aliphatic carbocycles. The first-order chi connectivity index (χ1) is 6.24. The van der Waals surface area contributed by atoms with Crippen LogP contribution >= 0.6 is 0 Å². The van der Waals surface area contributed by atoms with E-state index in [0.29, 0.717) is 13.2 Å². The van der Waals surface area contributed by atoms with Gasteiger partial charge in [0.1, 0.15) is 5.75 Å². The van der Waals surface area contributed by atoms with E-state index in [1.807, 2.05) is 24.3 Å². The fraction of sp³-hybridized carbons (Fsp3) is 0.400. The van der Waals surface area contributed by atoms with Gasteiger partial charge in [0.05, 0.1) is 25.9 Å². The van der Waals surface area contributed by atoms with Gasteiger partial charge in [0.15, 0.2) is 0 Å². The van der Waals surface area contributed by atoms with E-state index in [2.05, 4.69) is 0 Å². The van der Waals surface area contributed by atoms with E-state index in [0.717, 1.165) is 11.3 Å². The summed E-state index contributed by atoms with van der Waals surface area (Å²) in [4.78, 5) is 0. The maximum atomic E-state index is 6.05. The molecule has 0 saturated carbocycles. The van der Waals surface area contributed by atoms with Gasteiger partial charge in [0.2, 0.25) is 0 Å². The quantitative estimate of drug-likeness (QED) is 0.733. The van der Waals surface area contributed by atoms with Crippen molar-refractivity contribution in [2.24, 2.45) is 5.73 Å². The number of hydrogen-bond donors (Lipinski definition) is 1. The van der Waals surface area contributed by atoms with Crippen LogP contribution in [0.15, 0.2) is 24.3 Å². The molecule has 0 bridgehead atoms. The Morgan fingerprint density at radius 2 is 1.92 bits per heavy atom. The first kappa shape index (κ1) is 8.53. The summed E-state index contributed by atoms with van der Waals surface area (Å²) in [6.07, 6.45) is 0. The molecule has 1 aromatic carbocycles. The molecule has 1 aromatic rings. The molecule has 1 fully saturated rings. The molecule has 1 aliphatic rings. The fourth-order valence-corrected chi connectivity index (χ4v) is 1.41. The first-order valence-electron chi connectivity index (χ1n) is 4.26. The normalized spacial score (nSPS) is 19.2. The maximum absolute atomic E-state index is 6.05. The number of methoxy groups -OCH3 is 1. The van der Waals surface area contributed by atoms with Gasteiger partial charge in [0, 0.05) is 0 Å². The van der Waals surface area contributed by atoms with E-state index in [4.69, 9.17) is 15.2 Å². The Balaban J connectivity index is 2.22. The number of hydrogen-bond acceptors (Lipinski definition) is 3. The molecule has 0 aromatic heterocycles. The van der Waals surface area contributed by atoms with Gasteiger partial charge in [0.25, 0.3) is 0 Å². The van der Waals surface area contributed by atoms with Crippen molar-refractivity contribution in [1.29, 1.82) is 0 Å². The van der Waals surface area contributed by atoms with Crippen molar-refractivity contribution in [3.8, 4) is 5.75 Å². The lowest BCUT2D eigenvalue weighted by molar-refractivity contribution is -0.0569. The van der Waals surface area contributed by atoms with Crippen molar-refractivity contribution in [2.75, 3.05) is 20.3 Å². The molecule has 0 unspecified atom stereocenters. The molecule has 13 heavy (non-hydrogen) atoms. The second-order valence-corrected chi connectivity index (χ2v) is 3.38. The minimum Gasteiger partial charge on any atom is -0.497 e. The summed E-state index contributed by atoms with van der Waals surface area (Å²) in [6.45, 7) is 1.22. The lowest BCUT2D eigenvalue weighted by Crippen LogP contribution is -2.54. The van der Waals surface area contributed by atoms with Gasteiger partial charge in [-0.2, -0.15) is 0 Å². The summed E-state index contributed by atoms with van der Waals surface area (Å²) in [6, 6.07) is 7.81. The van der Waals surface area contributed by atoms with E-state index in [-0.39, 0.29) is 5.54 Å². The van der Waals surface area contributed by atoms with E-state index in [9.17, 15) is 0 Å². The molecular formula is C10H13NO2. The van der Waals surface area contributed by atoms with Gasteiger partial charge in [-0.1, -0.05) is 12.1 Å². The molecule has 0 spiro atoms. The molecule has 1 aliphatic heterocycles.